The zero-order chi connectivity index (χ0) is 18.4. The first kappa shape index (κ1) is 16.4. The molecular formula is C21H22N4O2. The molecule has 1 saturated heterocycles. The van der Waals surface area contributed by atoms with E-state index in [1.165, 1.54) is 5.56 Å². The van der Waals surface area contributed by atoms with Gasteiger partial charge in [-0.15, -0.1) is 0 Å². The van der Waals surface area contributed by atoms with E-state index in [-0.39, 0.29) is 17.9 Å². The zero-order valence-corrected chi connectivity index (χ0v) is 15.1. The standard InChI is InChI=1S/C21H22N4O2/c26-13-21-9-17(21)11-25(12-21)20(27)16-8-18-19(22-10-16)24(14-23-18)7-6-15-4-2-1-3-5-15/h1-5,8,10,14,17,26H,6-7,9,11-13H2/t17-,21+/m1/s1. The zero-order valence-electron chi connectivity index (χ0n) is 15.1. The van der Waals surface area contributed by atoms with Gasteiger partial charge in [-0.2, -0.15) is 0 Å². The van der Waals surface area contributed by atoms with Crippen molar-refractivity contribution in [3.8, 4) is 0 Å². The molecular weight excluding hydrogens is 340 g/mol. The van der Waals surface area contributed by atoms with Gasteiger partial charge >= 0.3 is 0 Å². The highest BCUT2D eigenvalue weighted by molar-refractivity contribution is 5.96. The lowest BCUT2D eigenvalue weighted by atomic mass is 10.1. The number of piperidine rings is 1. The predicted molar refractivity (Wildman–Crippen MR) is 101 cm³/mol. The molecule has 3 aromatic rings. The lowest BCUT2D eigenvalue weighted by Gasteiger charge is -2.20. The maximum atomic E-state index is 12.8. The van der Waals surface area contributed by atoms with E-state index in [1.54, 1.807) is 12.5 Å². The van der Waals surface area contributed by atoms with Crippen molar-refractivity contribution in [2.75, 3.05) is 19.7 Å². The van der Waals surface area contributed by atoms with Crippen LogP contribution in [-0.2, 0) is 13.0 Å². The number of rotatable bonds is 5. The van der Waals surface area contributed by atoms with Gasteiger partial charge in [0.2, 0.25) is 0 Å². The van der Waals surface area contributed by atoms with Crippen molar-refractivity contribution in [3.63, 3.8) is 0 Å². The molecule has 0 unspecified atom stereocenters. The molecule has 2 aliphatic rings. The molecule has 5 rings (SSSR count). The minimum Gasteiger partial charge on any atom is -0.396 e. The summed E-state index contributed by atoms with van der Waals surface area (Å²) in [7, 11) is 0. The molecule has 138 valence electrons. The van der Waals surface area contributed by atoms with E-state index in [2.05, 4.69) is 22.1 Å². The van der Waals surface area contributed by atoms with E-state index < -0.39 is 0 Å². The van der Waals surface area contributed by atoms with Gasteiger partial charge in [0.1, 0.15) is 5.52 Å². The highest BCUT2D eigenvalue weighted by Gasteiger charge is 2.60. The third-order valence-electron chi connectivity index (χ3n) is 6.09. The van der Waals surface area contributed by atoms with Crippen molar-refractivity contribution in [2.24, 2.45) is 11.3 Å². The van der Waals surface area contributed by atoms with E-state index in [0.29, 0.717) is 18.0 Å². The van der Waals surface area contributed by atoms with Gasteiger partial charge in [0.15, 0.2) is 5.65 Å². The average Bonchev–Trinajstić information content (AvgIpc) is 3.07. The van der Waals surface area contributed by atoms with Crippen molar-refractivity contribution in [3.05, 3.63) is 60.0 Å². The van der Waals surface area contributed by atoms with Crippen molar-refractivity contribution >= 4 is 17.1 Å². The Bertz CT molecular complexity index is 996. The van der Waals surface area contributed by atoms with Gasteiger partial charge < -0.3 is 14.6 Å². The molecule has 0 radical (unpaired) electrons. The first-order valence-electron chi connectivity index (χ1n) is 9.43. The van der Waals surface area contributed by atoms with E-state index in [9.17, 15) is 9.90 Å². The monoisotopic (exact) mass is 362 g/mol. The number of aromatic nitrogens is 3. The molecule has 27 heavy (non-hydrogen) atoms. The Hall–Kier alpha value is -2.73. The fraction of sp³-hybridized carbons (Fsp3) is 0.381. The van der Waals surface area contributed by atoms with Crippen LogP contribution in [0.1, 0.15) is 22.3 Å². The summed E-state index contributed by atoms with van der Waals surface area (Å²) in [5, 5.41) is 9.55. The second kappa shape index (κ2) is 6.16. The molecule has 1 saturated carbocycles. The van der Waals surface area contributed by atoms with Gasteiger partial charge in [0.05, 0.1) is 18.5 Å². The summed E-state index contributed by atoms with van der Waals surface area (Å²) in [6.45, 7) is 2.36. The van der Waals surface area contributed by atoms with Gasteiger partial charge in [-0.25, -0.2) is 9.97 Å². The predicted octanol–water partition coefficient (Wildman–Crippen LogP) is 2.13. The molecule has 1 aliphatic heterocycles. The Morgan fingerprint density at radius 1 is 1.26 bits per heavy atom. The number of aryl methyl sites for hydroxylation is 2. The second-order valence-corrected chi connectivity index (χ2v) is 7.85. The molecule has 6 nitrogen and oxygen atoms in total. The number of carbonyl (C=O) groups excluding carboxylic acids is 1. The molecule has 3 heterocycles. The number of nitrogens with zero attached hydrogens (tertiary/aromatic N) is 4. The molecule has 0 bridgehead atoms. The quantitative estimate of drug-likeness (QED) is 0.755. The fourth-order valence-corrected chi connectivity index (χ4v) is 4.30. The first-order valence-corrected chi connectivity index (χ1v) is 9.43. The van der Waals surface area contributed by atoms with Crippen LogP contribution in [0.3, 0.4) is 0 Å². The van der Waals surface area contributed by atoms with E-state index >= 15 is 0 Å². The van der Waals surface area contributed by atoms with E-state index in [1.807, 2.05) is 33.7 Å². The molecule has 1 amide bonds. The first-order chi connectivity index (χ1) is 13.2. The van der Waals surface area contributed by atoms with Gasteiger partial charge in [-0.05, 0) is 30.4 Å². The van der Waals surface area contributed by atoms with E-state index in [0.717, 1.165) is 37.1 Å². The van der Waals surface area contributed by atoms with Crippen molar-refractivity contribution in [1.29, 1.82) is 0 Å². The summed E-state index contributed by atoms with van der Waals surface area (Å²) in [5.74, 6) is 0.448. The molecule has 2 fully saturated rings. The Morgan fingerprint density at radius 2 is 2.11 bits per heavy atom. The summed E-state index contributed by atoms with van der Waals surface area (Å²) in [6.07, 6.45) is 5.39. The van der Waals surface area contributed by atoms with Crippen LogP contribution in [0, 0.1) is 11.3 Å². The summed E-state index contributed by atoms with van der Waals surface area (Å²) in [6, 6.07) is 12.2. The van der Waals surface area contributed by atoms with E-state index in [4.69, 9.17) is 0 Å². The number of benzene rings is 1. The largest absolute Gasteiger partial charge is 0.396 e. The van der Waals surface area contributed by atoms with Crippen LogP contribution in [-0.4, -0.2) is 50.1 Å². The number of aliphatic hydroxyl groups is 1. The number of aliphatic hydroxyl groups excluding tert-OH is 1. The average molecular weight is 362 g/mol. The van der Waals surface area contributed by atoms with Crippen LogP contribution in [0.25, 0.3) is 11.2 Å². The van der Waals surface area contributed by atoms with Gasteiger partial charge in [-0.1, -0.05) is 30.3 Å². The van der Waals surface area contributed by atoms with Gasteiger partial charge in [0, 0.05) is 31.2 Å². The summed E-state index contributed by atoms with van der Waals surface area (Å²) < 4.78 is 2.03. The SMILES string of the molecule is O=C(c1cnc2c(c1)ncn2CCc1ccccc1)N1C[C@H]2C[C@@]2(CO)C1. The molecule has 6 heteroatoms. The molecule has 1 N–H and O–H groups in total. The van der Waals surface area contributed by atoms with Crippen LogP contribution in [0.4, 0.5) is 0 Å². The number of hydrogen-bond donors (Lipinski definition) is 1. The lowest BCUT2D eigenvalue weighted by Crippen LogP contribution is -2.32. The molecule has 2 atom stereocenters. The summed E-state index contributed by atoms with van der Waals surface area (Å²) >= 11 is 0. The number of amides is 1. The highest BCUT2D eigenvalue weighted by Crippen LogP contribution is 2.57. The number of fused-ring (bicyclic) bond motifs is 2. The Kier molecular flexibility index (Phi) is 3.75. The Labute approximate surface area is 157 Å². The van der Waals surface area contributed by atoms with Crippen molar-refractivity contribution < 1.29 is 9.90 Å². The number of carbonyl (C=O) groups is 1. The third kappa shape index (κ3) is 2.80. The number of likely N-dealkylation sites (tertiary alicyclic amines) is 1. The molecule has 0 spiro atoms. The minimum absolute atomic E-state index is 0.0109. The number of hydrogen-bond acceptors (Lipinski definition) is 4. The van der Waals surface area contributed by atoms with Crippen molar-refractivity contribution in [1.82, 2.24) is 19.4 Å². The smallest absolute Gasteiger partial charge is 0.255 e. The number of pyridine rings is 1. The lowest BCUT2D eigenvalue weighted by molar-refractivity contribution is 0.0751. The fourth-order valence-electron chi connectivity index (χ4n) is 4.30. The molecule has 1 aliphatic carbocycles. The molecule has 1 aromatic carbocycles. The normalized spacial score (nSPS) is 23.6. The van der Waals surface area contributed by atoms with Crippen LogP contribution in [0.5, 0.6) is 0 Å². The summed E-state index contributed by atoms with van der Waals surface area (Å²) in [5.41, 5.74) is 3.36. The Balaban J connectivity index is 1.32. The Morgan fingerprint density at radius 3 is 2.89 bits per heavy atom. The highest BCUT2D eigenvalue weighted by atomic mass is 16.3. The second-order valence-electron chi connectivity index (χ2n) is 7.85. The van der Waals surface area contributed by atoms with Crippen molar-refractivity contribution in [2.45, 2.75) is 19.4 Å². The maximum Gasteiger partial charge on any atom is 0.255 e. The third-order valence-corrected chi connectivity index (χ3v) is 6.09. The number of imidazole rings is 1. The minimum atomic E-state index is -0.0355. The van der Waals surface area contributed by atoms with Crippen LogP contribution in [0.2, 0.25) is 0 Å². The van der Waals surface area contributed by atoms with Crippen LogP contribution >= 0.6 is 0 Å². The van der Waals surface area contributed by atoms with Crippen LogP contribution in [0.15, 0.2) is 48.9 Å². The molecule has 2 aromatic heterocycles. The maximum absolute atomic E-state index is 12.8. The van der Waals surface area contributed by atoms with Gasteiger partial charge in [0.25, 0.3) is 5.91 Å². The van der Waals surface area contributed by atoms with Gasteiger partial charge in [-0.3, -0.25) is 4.79 Å². The van der Waals surface area contributed by atoms with Crippen LogP contribution < -0.4 is 0 Å². The topological polar surface area (TPSA) is 71.2 Å². The summed E-state index contributed by atoms with van der Waals surface area (Å²) in [4.78, 5) is 23.6.